The van der Waals surface area contributed by atoms with E-state index in [4.69, 9.17) is 5.11 Å². The normalized spacial score (nSPS) is 9.56. The zero-order chi connectivity index (χ0) is 12.3. The van der Waals surface area contributed by atoms with E-state index in [0.717, 1.165) is 0 Å². The molecule has 0 aliphatic rings. The van der Waals surface area contributed by atoms with E-state index in [1.165, 1.54) is 25.1 Å². The molecule has 0 aliphatic heterocycles. The lowest BCUT2D eigenvalue weighted by Crippen LogP contribution is -2.22. The van der Waals surface area contributed by atoms with Crippen molar-refractivity contribution in [3.63, 3.8) is 0 Å². The first-order chi connectivity index (χ1) is 7.43. The summed E-state index contributed by atoms with van der Waals surface area (Å²) in [5, 5.41) is 21.0. The molecular formula is C9H8N2O5. The van der Waals surface area contributed by atoms with E-state index in [9.17, 15) is 19.7 Å². The molecule has 0 aromatic heterocycles. The number of anilines is 1. The van der Waals surface area contributed by atoms with Gasteiger partial charge < -0.3 is 10.4 Å². The van der Waals surface area contributed by atoms with Crippen LogP contribution in [0.15, 0.2) is 18.2 Å². The highest BCUT2D eigenvalue weighted by molar-refractivity contribution is 6.36. The van der Waals surface area contributed by atoms with Gasteiger partial charge in [0.2, 0.25) is 0 Å². The fourth-order valence-corrected chi connectivity index (χ4v) is 1.13. The summed E-state index contributed by atoms with van der Waals surface area (Å²) >= 11 is 0. The van der Waals surface area contributed by atoms with Gasteiger partial charge in [0.05, 0.1) is 16.2 Å². The van der Waals surface area contributed by atoms with Gasteiger partial charge in [-0.2, -0.15) is 0 Å². The summed E-state index contributed by atoms with van der Waals surface area (Å²) in [6, 6.07) is 4.03. The highest BCUT2D eigenvalue weighted by atomic mass is 16.6. The van der Waals surface area contributed by atoms with Gasteiger partial charge in [0.15, 0.2) is 0 Å². The lowest BCUT2D eigenvalue weighted by Gasteiger charge is -2.05. The number of nitro benzene ring substituents is 1. The monoisotopic (exact) mass is 224 g/mol. The van der Waals surface area contributed by atoms with Crippen LogP contribution in [0.5, 0.6) is 0 Å². The predicted octanol–water partition coefficient (Wildman–Crippen LogP) is 0.926. The zero-order valence-corrected chi connectivity index (χ0v) is 8.26. The Balaban J connectivity index is 3.07. The van der Waals surface area contributed by atoms with Crippen molar-refractivity contribution < 1.29 is 19.6 Å². The van der Waals surface area contributed by atoms with Gasteiger partial charge in [0.1, 0.15) is 0 Å². The lowest BCUT2D eigenvalue weighted by molar-refractivity contribution is -0.385. The van der Waals surface area contributed by atoms with Gasteiger partial charge in [-0.15, -0.1) is 0 Å². The Bertz CT molecular complexity index is 469. The molecule has 16 heavy (non-hydrogen) atoms. The van der Waals surface area contributed by atoms with Crippen LogP contribution in [-0.2, 0) is 9.59 Å². The molecule has 0 atom stereocenters. The number of nitrogens with zero attached hydrogens (tertiary/aromatic N) is 1. The number of nitro groups is 1. The SMILES string of the molecule is Cc1c(NC(=O)C(=O)O)cccc1[N+](=O)[O-]. The van der Waals surface area contributed by atoms with E-state index in [1.54, 1.807) is 0 Å². The van der Waals surface area contributed by atoms with Crippen LogP contribution in [0.4, 0.5) is 11.4 Å². The highest BCUT2D eigenvalue weighted by Crippen LogP contribution is 2.24. The number of hydrogen-bond acceptors (Lipinski definition) is 4. The number of hydrogen-bond donors (Lipinski definition) is 2. The summed E-state index contributed by atoms with van der Waals surface area (Å²) in [6.45, 7) is 1.43. The Morgan fingerprint density at radius 3 is 2.56 bits per heavy atom. The molecule has 84 valence electrons. The maximum atomic E-state index is 10.9. The molecule has 0 unspecified atom stereocenters. The number of rotatable bonds is 2. The van der Waals surface area contributed by atoms with E-state index in [-0.39, 0.29) is 16.9 Å². The second-order valence-electron chi connectivity index (χ2n) is 2.97. The first-order valence-electron chi connectivity index (χ1n) is 4.21. The molecule has 7 heteroatoms. The largest absolute Gasteiger partial charge is 0.474 e. The minimum absolute atomic E-state index is 0.113. The maximum Gasteiger partial charge on any atom is 0.394 e. The van der Waals surface area contributed by atoms with Crippen LogP contribution >= 0.6 is 0 Å². The minimum atomic E-state index is -1.65. The molecule has 2 N–H and O–H groups in total. The van der Waals surface area contributed by atoms with Gasteiger partial charge in [-0.1, -0.05) is 6.07 Å². The van der Waals surface area contributed by atoms with Crippen molar-refractivity contribution in [3.05, 3.63) is 33.9 Å². The number of benzene rings is 1. The van der Waals surface area contributed by atoms with Gasteiger partial charge >= 0.3 is 11.9 Å². The topological polar surface area (TPSA) is 110 Å². The average molecular weight is 224 g/mol. The third kappa shape index (κ3) is 2.32. The molecule has 0 saturated heterocycles. The van der Waals surface area contributed by atoms with Crippen LogP contribution < -0.4 is 5.32 Å². The summed E-state index contributed by atoms with van der Waals surface area (Å²) in [5.74, 6) is -2.88. The standard InChI is InChI=1S/C9H8N2O5/c1-5-6(10-8(12)9(13)14)3-2-4-7(5)11(15)16/h2-4H,1H3,(H,10,12)(H,13,14). The molecule has 0 bridgehead atoms. The van der Waals surface area contributed by atoms with Crippen LogP contribution in [-0.4, -0.2) is 21.9 Å². The third-order valence-corrected chi connectivity index (χ3v) is 1.94. The molecule has 0 saturated carbocycles. The second-order valence-corrected chi connectivity index (χ2v) is 2.97. The first kappa shape index (κ1) is 11.6. The molecule has 7 nitrogen and oxygen atoms in total. The third-order valence-electron chi connectivity index (χ3n) is 1.94. The lowest BCUT2D eigenvalue weighted by atomic mass is 10.1. The highest BCUT2D eigenvalue weighted by Gasteiger charge is 2.17. The molecule has 0 fully saturated rings. The summed E-state index contributed by atoms with van der Waals surface area (Å²) in [7, 11) is 0. The second kappa shape index (κ2) is 4.39. The van der Waals surface area contributed by atoms with Gasteiger partial charge in [-0.05, 0) is 13.0 Å². The van der Waals surface area contributed by atoms with E-state index in [0.29, 0.717) is 0 Å². The Morgan fingerprint density at radius 1 is 1.44 bits per heavy atom. The van der Waals surface area contributed by atoms with Crippen LogP contribution in [0.3, 0.4) is 0 Å². The quantitative estimate of drug-likeness (QED) is 0.441. The summed E-state index contributed by atoms with van der Waals surface area (Å²) in [6.07, 6.45) is 0. The summed E-state index contributed by atoms with van der Waals surface area (Å²) in [4.78, 5) is 31.1. The fraction of sp³-hybridized carbons (Fsp3) is 0.111. The molecule has 0 spiro atoms. The van der Waals surface area contributed by atoms with Crippen LogP contribution in [0, 0.1) is 17.0 Å². The number of amides is 1. The van der Waals surface area contributed by atoms with Crippen molar-refractivity contribution in [1.82, 2.24) is 0 Å². The number of carbonyl (C=O) groups excluding carboxylic acids is 1. The average Bonchev–Trinajstić information content (AvgIpc) is 2.20. The van der Waals surface area contributed by atoms with E-state index in [1.807, 2.05) is 0 Å². The Kier molecular flexibility index (Phi) is 3.19. The molecule has 0 radical (unpaired) electrons. The van der Waals surface area contributed by atoms with E-state index >= 15 is 0 Å². The van der Waals surface area contributed by atoms with Crippen molar-refractivity contribution in [1.29, 1.82) is 0 Å². The van der Waals surface area contributed by atoms with Gasteiger partial charge in [0.25, 0.3) is 5.69 Å². The molecular weight excluding hydrogens is 216 g/mol. The Hall–Kier alpha value is -2.44. The van der Waals surface area contributed by atoms with Crippen molar-refractivity contribution >= 4 is 23.3 Å². The maximum absolute atomic E-state index is 10.9. The smallest absolute Gasteiger partial charge is 0.394 e. The van der Waals surface area contributed by atoms with Gasteiger partial charge in [0, 0.05) is 6.07 Å². The summed E-state index contributed by atoms with van der Waals surface area (Å²) in [5.41, 5.74) is 0.145. The van der Waals surface area contributed by atoms with Crippen molar-refractivity contribution in [2.45, 2.75) is 6.92 Å². The number of carbonyl (C=O) groups is 2. The Labute approximate surface area is 89.8 Å². The zero-order valence-electron chi connectivity index (χ0n) is 8.26. The van der Waals surface area contributed by atoms with Crippen molar-refractivity contribution in [3.8, 4) is 0 Å². The van der Waals surface area contributed by atoms with E-state index in [2.05, 4.69) is 5.32 Å². The number of aliphatic carboxylic acids is 1. The predicted molar refractivity (Wildman–Crippen MR) is 54.1 cm³/mol. The van der Waals surface area contributed by atoms with Gasteiger partial charge in [-0.25, -0.2) is 4.79 Å². The summed E-state index contributed by atoms with van der Waals surface area (Å²) < 4.78 is 0. The fourth-order valence-electron chi connectivity index (χ4n) is 1.13. The molecule has 0 heterocycles. The van der Waals surface area contributed by atoms with Crippen LogP contribution in [0.2, 0.25) is 0 Å². The molecule has 0 aliphatic carbocycles. The Morgan fingerprint density at radius 2 is 2.06 bits per heavy atom. The van der Waals surface area contributed by atoms with Crippen LogP contribution in [0.25, 0.3) is 0 Å². The van der Waals surface area contributed by atoms with Crippen LogP contribution in [0.1, 0.15) is 5.56 Å². The van der Waals surface area contributed by atoms with Crippen molar-refractivity contribution in [2.75, 3.05) is 5.32 Å². The molecule has 1 aromatic carbocycles. The first-order valence-corrected chi connectivity index (χ1v) is 4.21. The van der Waals surface area contributed by atoms with Crippen molar-refractivity contribution in [2.24, 2.45) is 0 Å². The number of carboxylic acid groups (broad SMARTS) is 1. The molecule has 1 rings (SSSR count). The van der Waals surface area contributed by atoms with Gasteiger partial charge in [-0.3, -0.25) is 14.9 Å². The minimum Gasteiger partial charge on any atom is -0.474 e. The molecule has 1 amide bonds. The number of carboxylic acids is 1. The number of nitrogens with one attached hydrogen (secondary N) is 1. The molecule has 1 aromatic rings. The van der Waals surface area contributed by atoms with E-state index < -0.39 is 16.8 Å².